The van der Waals surface area contributed by atoms with Gasteiger partial charge in [-0.3, -0.25) is 0 Å². The number of ether oxygens (including phenoxy) is 1. The molecule has 21 heavy (non-hydrogen) atoms. The molecule has 2 heteroatoms. The van der Waals surface area contributed by atoms with E-state index in [1.807, 2.05) is 13.1 Å². The Kier molecular flexibility index (Phi) is 5.40. The summed E-state index contributed by atoms with van der Waals surface area (Å²) in [5.74, 6) is 0.976. The third-order valence-electron chi connectivity index (χ3n) is 3.85. The molecule has 2 rings (SSSR count). The van der Waals surface area contributed by atoms with Gasteiger partial charge in [-0.1, -0.05) is 55.0 Å². The predicted molar refractivity (Wildman–Crippen MR) is 88.9 cm³/mol. The molecule has 2 aromatic carbocycles. The summed E-state index contributed by atoms with van der Waals surface area (Å²) < 4.78 is 6.29. The Morgan fingerprint density at radius 3 is 2.33 bits per heavy atom. The van der Waals surface area contributed by atoms with Gasteiger partial charge in [0, 0.05) is 0 Å². The van der Waals surface area contributed by atoms with Crippen molar-refractivity contribution in [3.63, 3.8) is 0 Å². The van der Waals surface area contributed by atoms with Crippen molar-refractivity contribution in [2.75, 3.05) is 7.05 Å². The Labute approximate surface area is 128 Å². The first-order chi connectivity index (χ1) is 10.2. The fourth-order valence-corrected chi connectivity index (χ4v) is 2.71. The van der Waals surface area contributed by atoms with Gasteiger partial charge in [-0.15, -0.1) is 0 Å². The highest BCUT2D eigenvalue weighted by molar-refractivity contribution is 5.36. The zero-order valence-corrected chi connectivity index (χ0v) is 13.4. The van der Waals surface area contributed by atoms with Gasteiger partial charge in [-0.25, -0.2) is 0 Å². The first-order valence-corrected chi connectivity index (χ1v) is 7.61. The predicted octanol–water partition coefficient (Wildman–Crippen LogP) is 4.42. The normalized spacial score (nSPS) is 13.7. The fraction of sp³-hybridized carbons (Fsp3) is 0.368. The molecular weight excluding hydrogens is 258 g/mol. The number of likely N-dealkylation sites (N-methyl/N-ethyl adjacent to an activating group) is 1. The molecule has 2 unspecified atom stereocenters. The first-order valence-electron chi connectivity index (χ1n) is 7.61. The highest BCUT2D eigenvalue weighted by Crippen LogP contribution is 2.26. The van der Waals surface area contributed by atoms with Gasteiger partial charge in [0.05, 0.1) is 6.04 Å². The largest absolute Gasteiger partial charge is 0.488 e. The lowest BCUT2D eigenvalue weighted by molar-refractivity contribution is 0.151. The van der Waals surface area contributed by atoms with Gasteiger partial charge in [0.15, 0.2) is 0 Å². The van der Waals surface area contributed by atoms with Gasteiger partial charge in [0.2, 0.25) is 0 Å². The zero-order chi connectivity index (χ0) is 15.2. The van der Waals surface area contributed by atoms with Crippen molar-refractivity contribution in [2.24, 2.45) is 0 Å². The molecule has 0 saturated carbocycles. The van der Waals surface area contributed by atoms with Crippen LogP contribution in [0.4, 0.5) is 0 Å². The van der Waals surface area contributed by atoms with Crippen molar-refractivity contribution < 1.29 is 4.74 Å². The first kappa shape index (κ1) is 15.6. The Morgan fingerprint density at radius 2 is 1.76 bits per heavy atom. The number of nitrogens with one attached hydrogen (secondary N) is 1. The summed E-state index contributed by atoms with van der Waals surface area (Å²) in [6.45, 7) is 6.38. The molecule has 1 N–H and O–H groups in total. The van der Waals surface area contributed by atoms with Crippen LogP contribution in [0.25, 0.3) is 0 Å². The molecule has 0 aliphatic carbocycles. The van der Waals surface area contributed by atoms with E-state index in [0.717, 1.165) is 12.2 Å². The Balaban J connectivity index is 2.22. The summed E-state index contributed by atoms with van der Waals surface area (Å²) in [5, 5.41) is 3.40. The van der Waals surface area contributed by atoms with E-state index in [2.05, 4.69) is 68.6 Å². The molecule has 0 heterocycles. The summed E-state index contributed by atoms with van der Waals surface area (Å²) in [6, 6.07) is 17.0. The van der Waals surface area contributed by atoms with Crippen LogP contribution in [0.3, 0.4) is 0 Å². The van der Waals surface area contributed by atoms with Crippen LogP contribution >= 0.6 is 0 Å². The Hall–Kier alpha value is -1.80. The van der Waals surface area contributed by atoms with Crippen LogP contribution in [0.5, 0.6) is 5.75 Å². The van der Waals surface area contributed by atoms with E-state index in [9.17, 15) is 0 Å². The molecule has 112 valence electrons. The lowest BCUT2D eigenvalue weighted by Gasteiger charge is -2.28. The topological polar surface area (TPSA) is 21.3 Å². The van der Waals surface area contributed by atoms with Crippen LogP contribution in [-0.2, 0) is 0 Å². The second-order valence-corrected chi connectivity index (χ2v) is 5.51. The molecule has 0 radical (unpaired) electrons. The number of hydrogen-bond donors (Lipinski definition) is 1. The minimum absolute atomic E-state index is 0.110. The average Bonchev–Trinajstić information content (AvgIpc) is 2.50. The molecule has 0 fully saturated rings. The van der Waals surface area contributed by atoms with Crippen LogP contribution in [0, 0.1) is 13.8 Å². The standard InChI is InChI=1S/C19H25NO/c1-5-17(19(20-4)16-9-7-6-8-10-16)21-18-12-11-14(2)13-15(18)3/h6-13,17,19-20H,5H2,1-4H3. The van der Waals surface area contributed by atoms with Crippen LogP contribution in [0.1, 0.15) is 36.1 Å². The van der Waals surface area contributed by atoms with Crippen molar-refractivity contribution in [3.05, 3.63) is 65.2 Å². The van der Waals surface area contributed by atoms with Gasteiger partial charge >= 0.3 is 0 Å². The monoisotopic (exact) mass is 283 g/mol. The third-order valence-corrected chi connectivity index (χ3v) is 3.85. The van der Waals surface area contributed by atoms with E-state index in [0.29, 0.717) is 0 Å². The number of aryl methyl sites for hydroxylation is 2. The molecule has 0 saturated heterocycles. The second-order valence-electron chi connectivity index (χ2n) is 5.51. The molecule has 0 spiro atoms. The van der Waals surface area contributed by atoms with Gasteiger partial charge in [0.1, 0.15) is 11.9 Å². The molecule has 0 amide bonds. The maximum Gasteiger partial charge on any atom is 0.122 e. The van der Waals surface area contributed by atoms with Gasteiger partial charge < -0.3 is 10.1 Å². The molecule has 0 aromatic heterocycles. The third kappa shape index (κ3) is 3.85. The molecule has 2 aromatic rings. The number of benzene rings is 2. The average molecular weight is 283 g/mol. The zero-order valence-electron chi connectivity index (χ0n) is 13.4. The second kappa shape index (κ2) is 7.28. The molecule has 0 bridgehead atoms. The highest BCUT2D eigenvalue weighted by Gasteiger charge is 2.22. The lowest BCUT2D eigenvalue weighted by atomic mass is 9.99. The molecule has 0 aliphatic rings. The van der Waals surface area contributed by atoms with E-state index in [1.54, 1.807) is 0 Å². The summed E-state index contributed by atoms with van der Waals surface area (Å²) in [5.41, 5.74) is 3.72. The smallest absolute Gasteiger partial charge is 0.122 e. The quantitative estimate of drug-likeness (QED) is 0.847. The number of rotatable bonds is 6. The van der Waals surface area contributed by atoms with Crippen LogP contribution in [0.15, 0.2) is 48.5 Å². The van der Waals surface area contributed by atoms with E-state index in [4.69, 9.17) is 4.74 Å². The summed E-state index contributed by atoms with van der Waals surface area (Å²) in [6.07, 6.45) is 1.06. The van der Waals surface area contributed by atoms with E-state index in [-0.39, 0.29) is 12.1 Å². The van der Waals surface area contributed by atoms with Crippen molar-refractivity contribution in [1.29, 1.82) is 0 Å². The van der Waals surface area contributed by atoms with Gasteiger partial charge in [0.25, 0.3) is 0 Å². The maximum atomic E-state index is 6.29. The Morgan fingerprint density at radius 1 is 1.05 bits per heavy atom. The van der Waals surface area contributed by atoms with Crippen LogP contribution in [-0.4, -0.2) is 13.2 Å². The van der Waals surface area contributed by atoms with Crippen molar-refractivity contribution >= 4 is 0 Å². The van der Waals surface area contributed by atoms with Gasteiger partial charge in [-0.05, 0) is 44.5 Å². The lowest BCUT2D eigenvalue weighted by Crippen LogP contribution is -2.33. The highest BCUT2D eigenvalue weighted by atomic mass is 16.5. The van der Waals surface area contributed by atoms with E-state index in [1.165, 1.54) is 16.7 Å². The molecule has 2 atom stereocenters. The van der Waals surface area contributed by atoms with Gasteiger partial charge in [-0.2, -0.15) is 0 Å². The number of hydrogen-bond acceptors (Lipinski definition) is 2. The van der Waals surface area contributed by atoms with Crippen molar-refractivity contribution in [2.45, 2.75) is 39.3 Å². The van der Waals surface area contributed by atoms with Crippen molar-refractivity contribution in [1.82, 2.24) is 5.32 Å². The molecular formula is C19H25NO. The fourth-order valence-electron chi connectivity index (χ4n) is 2.71. The SMILES string of the molecule is CCC(Oc1ccc(C)cc1C)C(NC)c1ccccc1. The minimum atomic E-state index is 0.110. The van der Waals surface area contributed by atoms with Crippen molar-refractivity contribution in [3.8, 4) is 5.75 Å². The maximum absolute atomic E-state index is 6.29. The van der Waals surface area contributed by atoms with E-state index >= 15 is 0 Å². The summed E-state index contributed by atoms with van der Waals surface area (Å²) >= 11 is 0. The molecule has 0 aliphatic heterocycles. The van der Waals surface area contributed by atoms with Crippen LogP contribution in [0.2, 0.25) is 0 Å². The Bertz CT molecular complexity index is 565. The minimum Gasteiger partial charge on any atom is -0.488 e. The van der Waals surface area contributed by atoms with Crippen LogP contribution < -0.4 is 10.1 Å². The molecule has 2 nitrogen and oxygen atoms in total. The summed E-state index contributed by atoms with van der Waals surface area (Å²) in [4.78, 5) is 0. The van der Waals surface area contributed by atoms with E-state index < -0.39 is 0 Å². The summed E-state index contributed by atoms with van der Waals surface area (Å²) in [7, 11) is 1.99.